The van der Waals surface area contributed by atoms with Crippen molar-refractivity contribution < 1.29 is 18.7 Å². The molecule has 0 radical (unpaired) electrons. The molecule has 21 heavy (non-hydrogen) atoms. The maximum atomic E-state index is 12.1. The lowest BCUT2D eigenvalue weighted by Gasteiger charge is -2.20. The minimum atomic E-state index is -0.651. The summed E-state index contributed by atoms with van der Waals surface area (Å²) < 4.78 is 9.89. The van der Waals surface area contributed by atoms with E-state index < -0.39 is 5.97 Å². The van der Waals surface area contributed by atoms with E-state index >= 15 is 0 Å². The molecule has 0 spiro atoms. The summed E-state index contributed by atoms with van der Waals surface area (Å²) in [4.78, 5) is 25.3. The highest BCUT2D eigenvalue weighted by atomic mass is 32.2. The molecular formula is C13H21N3O4S. The second kappa shape index (κ2) is 9.38. The standard InChI is InChI=1S/C13H21N3O4S/c1-4-7-16(8-5-2)10(17)9-21-13-15-14-11(20-13)12(18)19-6-3/h4-9H2,1-3H3. The van der Waals surface area contributed by atoms with Crippen LogP contribution in [0.15, 0.2) is 9.64 Å². The summed E-state index contributed by atoms with van der Waals surface area (Å²) >= 11 is 1.13. The highest BCUT2D eigenvalue weighted by molar-refractivity contribution is 7.99. The van der Waals surface area contributed by atoms with Crippen molar-refractivity contribution in [3.8, 4) is 0 Å². The Bertz CT molecular complexity index is 458. The predicted octanol–water partition coefficient (Wildman–Crippen LogP) is 1.99. The van der Waals surface area contributed by atoms with Gasteiger partial charge in [-0.15, -0.1) is 5.10 Å². The summed E-state index contributed by atoms with van der Waals surface area (Å²) in [5.41, 5.74) is 0. The SMILES string of the molecule is CCCN(CCC)C(=O)CSc1nnc(C(=O)OCC)o1. The van der Waals surface area contributed by atoms with Gasteiger partial charge in [-0.3, -0.25) is 4.79 Å². The molecule has 0 fully saturated rings. The third-order valence-corrected chi connectivity index (χ3v) is 3.32. The lowest BCUT2D eigenvalue weighted by molar-refractivity contribution is -0.128. The fourth-order valence-corrected chi connectivity index (χ4v) is 2.33. The van der Waals surface area contributed by atoms with E-state index in [1.165, 1.54) is 0 Å². The smallest absolute Gasteiger partial charge is 0.396 e. The lowest BCUT2D eigenvalue weighted by Crippen LogP contribution is -2.33. The number of thioether (sulfide) groups is 1. The number of nitrogens with zero attached hydrogens (tertiary/aromatic N) is 3. The molecule has 7 nitrogen and oxygen atoms in total. The van der Waals surface area contributed by atoms with Crippen LogP contribution in [0.4, 0.5) is 0 Å². The van der Waals surface area contributed by atoms with Crippen LogP contribution >= 0.6 is 11.8 Å². The van der Waals surface area contributed by atoms with Crippen LogP contribution in [0.25, 0.3) is 0 Å². The average Bonchev–Trinajstić information content (AvgIpc) is 2.94. The zero-order valence-corrected chi connectivity index (χ0v) is 13.4. The van der Waals surface area contributed by atoms with E-state index in [-0.39, 0.29) is 29.4 Å². The van der Waals surface area contributed by atoms with Crippen molar-refractivity contribution in [3.05, 3.63) is 5.89 Å². The first-order valence-corrected chi connectivity index (χ1v) is 8.02. The molecular weight excluding hydrogens is 294 g/mol. The highest BCUT2D eigenvalue weighted by Gasteiger charge is 2.18. The summed E-state index contributed by atoms with van der Waals surface area (Å²) in [6.45, 7) is 7.49. The molecule has 1 heterocycles. The molecule has 0 aliphatic heterocycles. The van der Waals surface area contributed by atoms with Crippen LogP contribution in [-0.4, -0.2) is 52.4 Å². The van der Waals surface area contributed by atoms with E-state index in [2.05, 4.69) is 10.2 Å². The van der Waals surface area contributed by atoms with Gasteiger partial charge >= 0.3 is 11.9 Å². The lowest BCUT2D eigenvalue weighted by atomic mass is 10.3. The van der Waals surface area contributed by atoms with Gasteiger partial charge in [-0.2, -0.15) is 0 Å². The first kappa shape index (κ1) is 17.5. The monoisotopic (exact) mass is 315 g/mol. The van der Waals surface area contributed by atoms with Gasteiger partial charge in [-0.1, -0.05) is 30.7 Å². The van der Waals surface area contributed by atoms with E-state index in [9.17, 15) is 9.59 Å². The maximum Gasteiger partial charge on any atom is 0.396 e. The van der Waals surface area contributed by atoms with Crippen molar-refractivity contribution in [3.63, 3.8) is 0 Å². The average molecular weight is 315 g/mol. The predicted molar refractivity (Wildman–Crippen MR) is 78.1 cm³/mol. The Labute approximate surface area is 128 Å². The summed E-state index contributed by atoms with van der Waals surface area (Å²) in [5, 5.41) is 7.50. The van der Waals surface area contributed by atoms with Crippen LogP contribution in [0, 0.1) is 0 Å². The number of hydrogen-bond donors (Lipinski definition) is 0. The molecule has 0 unspecified atom stereocenters. The first-order chi connectivity index (χ1) is 10.1. The first-order valence-electron chi connectivity index (χ1n) is 7.03. The van der Waals surface area contributed by atoms with E-state index in [4.69, 9.17) is 9.15 Å². The fourth-order valence-electron chi connectivity index (χ4n) is 1.66. The van der Waals surface area contributed by atoms with Gasteiger partial charge in [-0.25, -0.2) is 4.79 Å². The Morgan fingerprint density at radius 3 is 2.43 bits per heavy atom. The number of ether oxygens (including phenoxy) is 1. The normalized spacial score (nSPS) is 10.4. The molecule has 1 aromatic heterocycles. The van der Waals surface area contributed by atoms with Gasteiger partial charge in [0.15, 0.2) is 0 Å². The molecule has 0 N–H and O–H groups in total. The Morgan fingerprint density at radius 1 is 1.19 bits per heavy atom. The minimum Gasteiger partial charge on any atom is -0.459 e. The Kier molecular flexibility index (Phi) is 7.81. The van der Waals surface area contributed by atoms with Crippen LogP contribution < -0.4 is 0 Å². The second-order valence-electron chi connectivity index (χ2n) is 4.26. The van der Waals surface area contributed by atoms with Crippen LogP contribution in [0.5, 0.6) is 0 Å². The van der Waals surface area contributed by atoms with E-state index in [1.54, 1.807) is 6.92 Å². The topological polar surface area (TPSA) is 85.5 Å². The van der Waals surface area contributed by atoms with Crippen molar-refractivity contribution >= 4 is 23.6 Å². The molecule has 8 heteroatoms. The van der Waals surface area contributed by atoms with E-state index in [1.807, 2.05) is 18.7 Å². The molecule has 1 aromatic rings. The van der Waals surface area contributed by atoms with Crippen molar-refractivity contribution in [2.24, 2.45) is 0 Å². The number of carbonyl (C=O) groups is 2. The number of amides is 1. The van der Waals surface area contributed by atoms with Crippen LogP contribution in [0.1, 0.15) is 44.3 Å². The third kappa shape index (κ3) is 5.74. The number of rotatable bonds is 9. The number of esters is 1. The Hall–Kier alpha value is -1.57. The van der Waals surface area contributed by atoms with Gasteiger partial charge in [0.1, 0.15) is 0 Å². The molecule has 118 valence electrons. The quantitative estimate of drug-likeness (QED) is 0.509. The van der Waals surface area contributed by atoms with Gasteiger partial charge in [0.25, 0.3) is 5.22 Å². The molecule has 1 amide bonds. The van der Waals surface area contributed by atoms with Gasteiger partial charge in [0.05, 0.1) is 12.4 Å². The van der Waals surface area contributed by atoms with Gasteiger partial charge in [0, 0.05) is 13.1 Å². The third-order valence-electron chi connectivity index (χ3n) is 2.52. The van der Waals surface area contributed by atoms with Crippen LogP contribution in [-0.2, 0) is 9.53 Å². The molecule has 0 saturated heterocycles. The Balaban J connectivity index is 2.50. The van der Waals surface area contributed by atoms with Gasteiger partial charge in [0.2, 0.25) is 5.91 Å². The summed E-state index contributed by atoms with van der Waals surface area (Å²) in [5.74, 6) is -0.600. The maximum absolute atomic E-state index is 12.1. The van der Waals surface area contributed by atoms with Gasteiger partial charge < -0.3 is 14.1 Å². The van der Waals surface area contributed by atoms with Crippen molar-refractivity contribution in [1.82, 2.24) is 15.1 Å². The molecule has 0 aliphatic rings. The zero-order valence-electron chi connectivity index (χ0n) is 12.6. The van der Waals surface area contributed by atoms with Gasteiger partial charge in [-0.05, 0) is 19.8 Å². The molecule has 1 rings (SSSR count). The van der Waals surface area contributed by atoms with Crippen molar-refractivity contribution in [2.45, 2.75) is 38.8 Å². The number of carbonyl (C=O) groups excluding carboxylic acids is 2. The molecule has 0 aromatic carbocycles. The molecule has 0 atom stereocenters. The fraction of sp³-hybridized carbons (Fsp3) is 0.692. The Morgan fingerprint density at radius 2 is 1.86 bits per heavy atom. The molecule has 0 aliphatic carbocycles. The summed E-state index contributed by atoms with van der Waals surface area (Å²) in [6.07, 6.45) is 1.84. The van der Waals surface area contributed by atoms with E-state index in [0.29, 0.717) is 0 Å². The second-order valence-corrected chi connectivity index (χ2v) is 5.19. The summed E-state index contributed by atoms with van der Waals surface area (Å²) in [6, 6.07) is 0. The van der Waals surface area contributed by atoms with Crippen LogP contribution in [0.3, 0.4) is 0 Å². The zero-order chi connectivity index (χ0) is 15.7. The molecule has 0 bridgehead atoms. The van der Waals surface area contributed by atoms with E-state index in [0.717, 1.165) is 37.7 Å². The number of hydrogen-bond acceptors (Lipinski definition) is 7. The summed E-state index contributed by atoms with van der Waals surface area (Å²) in [7, 11) is 0. The van der Waals surface area contributed by atoms with Crippen LogP contribution in [0.2, 0.25) is 0 Å². The number of aromatic nitrogens is 2. The minimum absolute atomic E-state index is 0.0274. The molecule has 0 saturated carbocycles. The van der Waals surface area contributed by atoms with Crippen molar-refractivity contribution in [2.75, 3.05) is 25.4 Å². The highest BCUT2D eigenvalue weighted by Crippen LogP contribution is 2.17. The van der Waals surface area contributed by atoms with Crippen molar-refractivity contribution in [1.29, 1.82) is 0 Å². The largest absolute Gasteiger partial charge is 0.459 e.